The second-order valence-corrected chi connectivity index (χ2v) is 4.18. The Morgan fingerprint density at radius 1 is 1.32 bits per heavy atom. The number of alkyl halides is 1. The largest absolute Gasteiger partial charge is 0.479 e. The summed E-state index contributed by atoms with van der Waals surface area (Å²) in [6.45, 7) is 0. The van der Waals surface area contributed by atoms with Crippen molar-refractivity contribution >= 4 is 23.5 Å². The molecule has 7 heteroatoms. The monoisotopic (exact) mass is 291 g/mol. The Balaban J connectivity index is 2.85. The summed E-state index contributed by atoms with van der Waals surface area (Å²) in [6.07, 6.45) is 0.467. The highest BCUT2D eigenvalue weighted by Crippen LogP contribution is 2.17. The molecule has 1 amide bonds. The summed E-state index contributed by atoms with van der Waals surface area (Å²) in [6, 6.07) is 1.25. The van der Waals surface area contributed by atoms with Crippen molar-refractivity contribution in [1.29, 1.82) is 0 Å². The van der Waals surface area contributed by atoms with Crippen LogP contribution in [0.15, 0.2) is 18.2 Å². The number of amides is 1. The van der Waals surface area contributed by atoms with E-state index in [0.29, 0.717) is 6.42 Å². The molecule has 19 heavy (non-hydrogen) atoms. The third kappa shape index (κ3) is 4.48. The van der Waals surface area contributed by atoms with Gasteiger partial charge in [0.1, 0.15) is 0 Å². The van der Waals surface area contributed by atoms with Gasteiger partial charge in [0, 0.05) is 12.3 Å². The molecule has 0 aliphatic heterocycles. The zero-order valence-electron chi connectivity index (χ0n) is 9.83. The third-order valence-corrected chi connectivity index (χ3v) is 2.63. The summed E-state index contributed by atoms with van der Waals surface area (Å²) in [7, 11) is 0. The highest BCUT2D eigenvalue weighted by Gasteiger charge is 2.22. The van der Waals surface area contributed by atoms with Gasteiger partial charge >= 0.3 is 5.97 Å². The van der Waals surface area contributed by atoms with Gasteiger partial charge < -0.3 is 10.4 Å². The first kappa shape index (κ1) is 15.4. The first-order valence-electron chi connectivity index (χ1n) is 5.48. The van der Waals surface area contributed by atoms with Gasteiger partial charge in [0.15, 0.2) is 17.7 Å². The normalized spacial score (nSPS) is 11.9. The molecule has 2 N–H and O–H groups in total. The van der Waals surface area contributed by atoms with Gasteiger partial charge in [0.25, 0.3) is 0 Å². The van der Waals surface area contributed by atoms with Gasteiger partial charge in [-0.25, -0.2) is 13.6 Å². The minimum Gasteiger partial charge on any atom is -0.479 e. The molecule has 0 fully saturated rings. The smallest absolute Gasteiger partial charge is 0.330 e. The minimum atomic E-state index is -1.42. The summed E-state index contributed by atoms with van der Waals surface area (Å²) in [5, 5.41) is 11.2. The van der Waals surface area contributed by atoms with Crippen LogP contribution in [-0.2, 0) is 9.59 Å². The first-order chi connectivity index (χ1) is 8.95. The summed E-state index contributed by atoms with van der Waals surface area (Å²) in [5.41, 5.74) is -0.0365. The Morgan fingerprint density at radius 3 is 2.53 bits per heavy atom. The molecular weight excluding hydrogens is 280 g/mol. The van der Waals surface area contributed by atoms with E-state index in [9.17, 15) is 18.4 Å². The van der Waals surface area contributed by atoms with Crippen LogP contribution in [0, 0.1) is 11.6 Å². The Bertz CT molecular complexity index is 482. The Kier molecular flexibility index (Phi) is 5.69. The fraction of sp³-hybridized carbons (Fsp3) is 0.333. The average molecular weight is 292 g/mol. The van der Waals surface area contributed by atoms with E-state index in [-0.39, 0.29) is 17.9 Å². The number of carboxylic acid groups (broad SMARTS) is 1. The van der Waals surface area contributed by atoms with Gasteiger partial charge in [-0.1, -0.05) is 6.07 Å². The zero-order chi connectivity index (χ0) is 14.4. The maximum absolute atomic E-state index is 13.0. The molecule has 0 spiro atoms. The van der Waals surface area contributed by atoms with E-state index in [1.165, 1.54) is 0 Å². The lowest BCUT2D eigenvalue weighted by atomic mass is 10.1. The van der Waals surface area contributed by atoms with Gasteiger partial charge in [0.2, 0.25) is 5.91 Å². The molecule has 0 saturated carbocycles. The number of carbonyl (C=O) groups is 2. The van der Waals surface area contributed by atoms with Crippen LogP contribution >= 0.6 is 11.6 Å². The standard InChI is InChI=1S/C12H12ClF2NO3/c13-5-1-2-10(17)16-11(12(18)19)7-3-4-8(14)9(15)6-7/h3-4,6,11H,1-2,5H2,(H,16,17)(H,18,19). The SMILES string of the molecule is O=C(CCCCl)NC(C(=O)O)c1ccc(F)c(F)c1. The van der Waals surface area contributed by atoms with Crippen molar-refractivity contribution in [2.24, 2.45) is 0 Å². The van der Waals surface area contributed by atoms with Gasteiger partial charge in [-0.3, -0.25) is 4.79 Å². The van der Waals surface area contributed by atoms with Crippen LogP contribution in [0.5, 0.6) is 0 Å². The second-order valence-electron chi connectivity index (χ2n) is 3.80. The van der Waals surface area contributed by atoms with Crippen LogP contribution in [0.2, 0.25) is 0 Å². The molecule has 0 aromatic heterocycles. The predicted octanol–water partition coefficient (Wildman–Crippen LogP) is 2.23. The fourth-order valence-corrected chi connectivity index (χ4v) is 1.57. The number of carboxylic acids is 1. The highest BCUT2D eigenvalue weighted by atomic mass is 35.5. The minimum absolute atomic E-state index is 0.0365. The van der Waals surface area contributed by atoms with E-state index in [2.05, 4.69) is 5.32 Å². The number of hydrogen-bond donors (Lipinski definition) is 2. The summed E-state index contributed by atoms with van der Waals surface area (Å²) < 4.78 is 25.8. The molecule has 0 heterocycles. The van der Waals surface area contributed by atoms with Crippen molar-refractivity contribution < 1.29 is 23.5 Å². The number of rotatable bonds is 6. The van der Waals surface area contributed by atoms with Crippen LogP contribution in [0.3, 0.4) is 0 Å². The molecule has 0 bridgehead atoms. The topological polar surface area (TPSA) is 66.4 Å². The number of hydrogen-bond acceptors (Lipinski definition) is 2. The second kappa shape index (κ2) is 7.04. The van der Waals surface area contributed by atoms with E-state index in [1.54, 1.807) is 0 Å². The molecule has 0 aliphatic carbocycles. The van der Waals surface area contributed by atoms with E-state index < -0.39 is 29.6 Å². The first-order valence-corrected chi connectivity index (χ1v) is 6.02. The van der Waals surface area contributed by atoms with E-state index >= 15 is 0 Å². The summed E-state index contributed by atoms with van der Waals surface area (Å²) >= 11 is 5.41. The molecule has 4 nitrogen and oxygen atoms in total. The van der Waals surface area contributed by atoms with Gasteiger partial charge in [-0.15, -0.1) is 11.6 Å². The van der Waals surface area contributed by atoms with Crippen molar-refractivity contribution in [2.45, 2.75) is 18.9 Å². The predicted molar refractivity (Wildman–Crippen MR) is 64.8 cm³/mol. The molecule has 104 valence electrons. The van der Waals surface area contributed by atoms with Crippen molar-refractivity contribution in [1.82, 2.24) is 5.32 Å². The number of carbonyl (C=O) groups excluding carboxylic acids is 1. The van der Waals surface area contributed by atoms with Crippen LogP contribution in [0.4, 0.5) is 8.78 Å². The lowest BCUT2D eigenvalue weighted by Crippen LogP contribution is -2.33. The lowest BCUT2D eigenvalue weighted by molar-refractivity contribution is -0.142. The Morgan fingerprint density at radius 2 is 2.00 bits per heavy atom. The van der Waals surface area contributed by atoms with Crippen molar-refractivity contribution in [3.05, 3.63) is 35.4 Å². The molecule has 1 aromatic rings. The molecule has 1 atom stereocenters. The molecule has 1 rings (SSSR count). The summed E-state index contributed by atoms with van der Waals surface area (Å²) in [4.78, 5) is 22.5. The molecular formula is C12H12ClF2NO3. The van der Waals surface area contributed by atoms with Gasteiger partial charge in [-0.2, -0.15) is 0 Å². The molecule has 0 radical (unpaired) electrons. The molecule has 0 saturated heterocycles. The molecule has 1 unspecified atom stereocenters. The lowest BCUT2D eigenvalue weighted by Gasteiger charge is -2.15. The van der Waals surface area contributed by atoms with Crippen molar-refractivity contribution in [2.75, 3.05) is 5.88 Å². The quantitative estimate of drug-likeness (QED) is 0.790. The van der Waals surface area contributed by atoms with E-state index in [1.807, 2.05) is 0 Å². The maximum atomic E-state index is 13.0. The van der Waals surface area contributed by atoms with E-state index in [4.69, 9.17) is 16.7 Å². The molecule has 1 aromatic carbocycles. The maximum Gasteiger partial charge on any atom is 0.330 e. The highest BCUT2D eigenvalue weighted by molar-refractivity contribution is 6.17. The number of halogens is 3. The van der Waals surface area contributed by atoms with Crippen LogP contribution in [0.1, 0.15) is 24.4 Å². The zero-order valence-corrected chi connectivity index (χ0v) is 10.6. The summed E-state index contributed by atoms with van der Waals surface area (Å²) in [5.74, 6) is -3.85. The van der Waals surface area contributed by atoms with Crippen LogP contribution in [0.25, 0.3) is 0 Å². The Labute approximate surface area is 113 Å². The fourth-order valence-electron chi connectivity index (χ4n) is 1.44. The van der Waals surface area contributed by atoms with Crippen molar-refractivity contribution in [3.8, 4) is 0 Å². The van der Waals surface area contributed by atoms with Crippen molar-refractivity contribution in [3.63, 3.8) is 0 Å². The Hall–Kier alpha value is -1.69. The van der Waals surface area contributed by atoms with E-state index in [0.717, 1.165) is 18.2 Å². The number of nitrogens with one attached hydrogen (secondary N) is 1. The van der Waals surface area contributed by atoms with Gasteiger partial charge in [0.05, 0.1) is 0 Å². The molecule has 0 aliphatic rings. The van der Waals surface area contributed by atoms with Crippen LogP contribution < -0.4 is 5.32 Å². The third-order valence-electron chi connectivity index (χ3n) is 2.37. The number of aliphatic carboxylic acids is 1. The van der Waals surface area contributed by atoms with Crippen LogP contribution in [-0.4, -0.2) is 22.9 Å². The number of benzene rings is 1. The van der Waals surface area contributed by atoms with Gasteiger partial charge in [-0.05, 0) is 24.1 Å². The average Bonchev–Trinajstić information content (AvgIpc) is 2.36.